The molecule has 0 spiro atoms. The number of aromatic amines is 1. The van der Waals surface area contributed by atoms with Crippen LogP contribution in [-0.2, 0) is 16.2 Å². The Morgan fingerprint density at radius 2 is 2.00 bits per heavy atom. The van der Waals surface area contributed by atoms with Gasteiger partial charge in [0.05, 0.1) is 22.9 Å². The van der Waals surface area contributed by atoms with Crippen LogP contribution in [0.3, 0.4) is 0 Å². The van der Waals surface area contributed by atoms with Crippen LogP contribution in [0.5, 0.6) is 0 Å². The molecule has 3 N–H and O–H groups in total. The van der Waals surface area contributed by atoms with Crippen molar-refractivity contribution in [2.45, 2.75) is 50.0 Å². The molecule has 2 aromatic rings. The van der Waals surface area contributed by atoms with Gasteiger partial charge >= 0.3 is 12.1 Å². The minimum absolute atomic E-state index is 0.130. The summed E-state index contributed by atoms with van der Waals surface area (Å²) in [7, 11) is -3.97. The van der Waals surface area contributed by atoms with Gasteiger partial charge in [0.2, 0.25) is 0 Å². The van der Waals surface area contributed by atoms with Crippen molar-refractivity contribution in [3.05, 3.63) is 34.8 Å². The van der Waals surface area contributed by atoms with Crippen molar-refractivity contribution in [2.75, 3.05) is 0 Å². The van der Waals surface area contributed by atoms with E-state index in [1.807, 2.05) is 0 Å². The van der Waals surface area contributed by atoms with Crippen LogP contribution >= 0.6 is 0 Å². The summed E-state index contributed by atoms with van der Waals surface area (Å²) in [4.78, 5) is 13.5. The second-order valence-electron chi connectivity index (χ2n) is 6.53. The summed E-state index contributed by atoms with van der Waals surface area (Å²) >= 11 is 0. The number of nitrogens with one attached hydrogen (secondary N) is 2. The largest absolute Gasteiger partial charge is 0.478 e. The number of hydrogen-bond acceptors (Lipinski definition) is 4. The van der Waals surface area contributed by atoms with Gasteiger partial charge in [0.25, 0.3) is 10.0 Å². The Morgan fingerprint density at radius 1 is 1.37 bits per heavy atom. The highest BCUT2D eigenvalue weighted by atomic mass is 32.2. The van der Waals surface area contributed by atoms with Crippen LogP contribution in [0, 0.1) is 13.8 Å². The van der Waals surface area contributed by atoms with E-state index < -0.39 is 33.8 Å². The summed E-state index contributed by atoms with van der Waals surface area (Å²) in [6.07, 6.45) is -3.00. The van der Waals surface area contributed by atoms with Gasteiger partial charge in [0.15, 0.2) is 0 Å². The van der Waals surface area contributed by atoms with Crippen LogP contribution in [0.2, 0.25) is 0 Å². The standard InChI is InChI=1S/C15H17F3N4O4S/c1-7-11(14(23)24)5-13(19-7)27(25,26)21-9-3-10(4-9)22-6-12(8(2)20-22)15(16,17)18/h5-6,9-10,19,21H,3-4H2,1-2H3,(H,23,24). The van der Waals surface area contributed by atoms with E-state index in [2.05, 4.69) is 14.8 Å². The Kier molecular flexibility index (Phi) is 4.58. The number of aromatic nitrogens is 3. The van der Waals surface area contributed by atoms with Crippen molar-refractivity contribution in [1.29, 1.82) is 0 Å². The molecular weight excluding hydrogens is 389 g/mol. The number of carboxylic acid groups (broad SMARTS) is 1. The van der Waals surface area contributed by atoms with Crippen molar-refractivity contribution < 1.29 is 31.5 Å². The van der Waals surface area contributed by atoms with Crippen LogP contribution in [0.25, 0.3) is 0 Å². The zero-order chi connectivity index (χ0) is 20.1. The van der Waals surface area contributed by atoms with E-state index >= 15 is 0 Å². The maximum Gasteiger partial charge on any atom is 0.419 e. The molecule has 0 aromatic carbocycles. The van der Waals surface area contributed by atoms with Crippen LogP contribution in [0.1, 0.15) is 46.2 Å². The first-order valence-electron chi connectivity index (χ1n) is 7.96. The average molecular weight is 406 g/mol. The zero-order valence-electron chi connectivity index (χ0n) is 14.3. The quantitative estimate of drug-likeness (QED) is 0.704. The second-order valence-corrected chi connectivity index (χ2v) is 8.21. The Balaban J connectivity index is 1.67. The third kappa shape index (κ3) is 3.72. The van der Waals surface area contributed by atoms with Crippen molar-refractivity contribution in [3.63, 3.8) is 0 Å². The van der Waals surface area contributed by atoms with Crippen LogP contribution < -0.4 is 4.72 Å². The van der Waals surface area contributed by atoms with Gasteiger partial charge in [-0.15, -0.1) is 0 Å². The number of H-pyrrole nitrogens is 1. The molecule has 1 aliphatic rings. The van der Waals surface area contributed by atoms with E-state index in [4.69, 9.17) is 5.11 Å². The molecule has 148 valence electrons. The Hall–Kier alpha value is -2.34. The molecule has 0 saturated heterocycles. The van der Waals surface area contributed by atoms with Crippen molar-refractivity contribution in [1.82, 2.24) is 19.5 Å². The molecule has 2 aromatic heterocycles. The average Bonchev–Trinajstić information content (AvgIpc) is 3.05. The number of sulfonamides is 1. The van der Waals surface area contributed by atoms with Gasteiger partial charge in [0.1, 0.15) is 5.03 Å². The first-order valence-corrected chi connectivity index (χ1v) is 9.45. The molecule has 0 bridgehead atoms. The smallest absolute Gasteiger partial charge is 0.419 e. The zero-order valence-corrected chi connectivity index (χ0v) is 15.1. The molecule has 1 aliphatic carbocycles. The minimum atomic E-state index is -4.49. The van der Waals surface area contributed by atoms with Crippen molar-refractivity contribution in [3.8, 4) is 0 Å². The van der Waals surface area contributed by atoms with Crippen LogP contribution in [0.4, 0.5) is 13.2 Å². The maximum absolute atomic E-state index is 12.8. The van der Waals surface area contributed by atoms with Gasteiger partial charge < -0.3 is 10.1 Å². The lowest BCUT2D eigenvalue weighted by Gasteiger charge is -2.35. The second kappa shape index (κ2) is 6.37. The lowest BCUT2D eigenvalue weighted by molar-refractivity contribution is -0.138. The highest BCUT2D eigenvalue weighted by molar-refractivity contribution is 7.89. The SMILES string of the molecule is Cc1nn(C2CC(NS(=O)(=O)c3cc(C(=O)O)c(C)[nH]3)C2)cc1C(F)(F)F. The molecule has 0 radical (unpaired) electrons. The molecule has 0 aliphatic heterocycles. The molecule has 2 heterocycles. The van der Waals surface area contributed by atoms with Crippen LogP contribution in [-0.4, -0.2) is 40.3 Å². The summed E-state index contributed by atoms with van der Waals surface area (Å²) in [5.74, 6) is -1.25. The Bertz CT molecular complexity index is 987. The van der Waals surface area contributed by atoms with Crippen molar-refractivity contribution >= 4 is 16.0 Å². The normalized spacial score (nSPS) is 20.5. The molecule has 0 unspecified atom stereocenters. The van der Waals surface area contributed by atoms with E-state index in [9.17, 15) is 26.4 Å². The molecule has 8 nitrogen and oxygen atoms in total. The first-order chi connectivity index (χ1) is 12.4. The van der Waals surface area contributed by atoms with Crippen LogP contribution in [0.15, 0.2) is 17.3 Å². The fourth-order valence-corrected chi connectivity index (χ4v) is 4.34. The van der Waals surface area contributed by atoms with E-state index in [0.29, 0.717) is 0 Å². The van der Waals surface area contributed by atoms with E-state index in [0.717, 1.165) is 12.3 Å². The number of rotatable bonds is 5. The van der Waals surface area contributed by atoms with E-state index in [1.165, 1.54) is 18.5 Å². The molecule has 12 heteroatoms. The molecule has 3 rings (SSSR count). The molecule has 0 amide bonds. The summed E-state index contributed by atoms with van der Waals surface area (Å²) in [5, 5.41) is 12.6. The van der Waals surface area contributed by atoms with Gasteiger partial charge in [-0.3, -0.25) is 4.68 Å². The Labute approximate surface area is 152 Å². The van der Waals surface area contributed by atoms with Gasteiger partial charge in [0, 0.05) is 17.9 Å². The molecule has 0 atom stereocenters. The number of carbonyl (C=O) groups is 1. The minimum Gasteiger partial charge on any atom is -0.478 e. The molecule has 27 heavy (non-hydrogen) atoms. The third-order valence-corrected chi connectivity index (χ3v) is 5.98. The van der Waals surface area contributed by atoms with Gasteiger partial charge in [-0.05, 0) is 32.8 Å². The summed E-state index contributed by atoms with van der Waals surface area (Å²) in [6, 6.07) is 0.214. The van der Waals surface area contributed by atoms with E-state index in [1.54, 1.807) is 0 Å². The Morgan fingerprint density at radius 3 is 2.48 bits per heavy atom. The van der Waals surface area contributed by atoms with Gasteiger partial charge in [-0.25, -0.2) is 17.9 Å². The number of halogens is 3. The number of aryl methyl sites for hydroxylation is 2. The number of aromatic carboxylic acids is 1. The molecule has 1 fully saturated rings. The highest BCUT2D eigenvalue weighted by Gasteiger charge is 2.39. The summed E-state index contributed by atoms with van der Waals surface area (Å²) in [6.45, 7) is 2.71. The summed E-state index contributed by atoms with van der Waals surface area (Å²) in [5.41, 5.74) is -0.876. The number of nitrogens with zero attached hydrogens (tertiary/aromatic N) is 2. The molecular formula is C15H17F3N4O4S. The first kappa shape index (κ1) is 19.4. The monoisotopic (exact) mass is 406 g/mol. The third-order valence-electron chi connectivity index (χ3n) is 4.54. The summed E-state index contributed by atoms with van der Waals surface area (Å²) < 4.78 is 66.8. The number of hydrogen-bond donors (Lipinski definition) is 3. The topological polar surface area (TPSA) is 117 Å². The number of alkyl halides is 3. The fourth-order valence-electron chi connectivity index (χ4n) is 3.02. The van der Waals surface area contributed by atoms with E-state index in [-0.39, 0.29) is 40.9 Å². The maximum atomic E-state index is 12.8. The number of carboxylic acids is 1. The highest BCUT2D eigenvalue weighted by Crippen LogP contribution is 2.36. The predicted octanol–water partition coefficient (Wildman–Crippen LogP) is 2.23. The van der Waals surface area contributed by atoms with Gasteiger partial charge in [-0.2, -0.15) is 18.3 Å². The lowest BCUT2D eigenvalue weighted by Crippen LogP contribution is -2.45. The molecule has 1 saturated carbocycles. The fraction of sp³-hybridized carbons (Fsp3) is 0.467. The predicted molar refractivity (Wildman–Crippen MR) is 86.8 cm³/mol. The van der Waals surface area contributed by atoms with Crippen molar-refractivity contribution in [2.24, 2.45) is 0 Å². The lowest BCUT2D eigenvalue weighted by atomic mass is 9.88. The van der Waals surface area contributed by atoms with Gasteiger partial charge in [-0.1, -0.05) is 0 Å².